The summed E-state index contributed by atoms with van der Waals surface area (Å²) in [5.74, 6) is -1.39. The number of hydrogen-bond acceptors (Lipinski definition) is 5. The molecule has 0 bridgehead atoms. The van der Waals surface area contributed by atoms with Gasteiger partial charge in [0, 0.05) is 43.1 Å². The Morgan fingerprint density at radius 3 is 2.30 bits per heavy atom. The van der Waals surface area contributed by atoms with Gasteiger partial charge in [0.1, 0.15) is 0 Å². The average molecular weight is 630 g/mol. The van der Waals surface area contributed by atoms with E-state index in [0.29, 0.717) is 36.3 Å². The van der Waals surface area contributed by atoms with Gasteiger partial charge in [-0.1, -0.05) is 97.9 Å². The Hall–Kier alpha value is -5.05. The highest BCUT2D eigenvalue weighted by Gasteiger charge is 2.53. The van der Waals surface area contributed by atoms with Gasteiger partial charge in [-0.2, -0.15) is 0 Å². The van der Waals surface area contributed by atoms with Crippen molar-refractivity contribution in [3.05, 3.63) is 138 Å². The van der Waals surface area contributed by atoms with Crippen LogP contribution in [0.15, 0.2) is 115 Å². The molecule has 3 amide bonds. The van der Waals surface area contributed by atoms with Crippen molar-refractivity contribution >= 4 is 34.8 Å². The second kappa shape index (κ2) is 13.7. The van der Waals surface area contributed by atoms with Gasteiger partial charge in [-0.15, -0.1) is 0 Å². The first-order valence-electron chi connectivity index (χ1n) is 16.0. The summed E-state index contributed by atoms with van der Waals surface area (Å²) in [5, 5.41) is 22.0. The van der Waals surface area contributed by atoms with Gasteiger partial charge in [-0.05, 0) is 47.4 Å². The third-order valence-electron chi connectivity index (χ3n) is 9.10. The van der Waals surface area contributed by atoms with Crippen LogP contribution in [-0.4, -0.2) is 46.0 Å². The smallest absolute Gasteiger partial charge is 0.264 e. The molecule has 0 aromatic heterocycles. The molecule has 2 aliphatic heterocycles. The van der Waals surface area contributed by atoms with Crippen LogP contribution in [0.25, 0.3) is 0 Å². The van der Waals surface area contributed by atoms with Crippen LogP contribution >= 0.6 is 0 Å². The van der Waals surface area contributed by atoms with Crippen molar-refractivity contribution in [1.82, 2.24) is 4.90 Å². The van der Waals surface area contributed by atoms with Crippen molar-refractivity contribution in [3.63, 3.8) is 0 Å². The third-order valence-corrected chi connectivity index (χ3v) is 9.10. The minimum absolute atomic E-state index is 0.0428. The fourth-order valence-electron chi connectivity index (χ4n) is 6.57. The van der Waals surface area contributed by atoms with Crippen molar-refractivity contribution in [1.29, 1.82) is 0 Å². The van der Waals surface area contributed by atoms with Crippen LogP contribution < -0.4 is 9.80 Å². The molecule has 2 heterocycles. The van der Waals surface area contributed by atoms with E-state index < -0.39 is 17.4 Å². The molecule has 2 atom stereocenters. The Balaban J connectivity index is 1.31. The minimum atomic E-state index is -1.94. The van der Waals surface area contributed by atoms with Crippen molar-refractivity contribution in [2.24, 2.45) is 5.92 Å². The van der Waals surface area contributed by atoms with Crippen LogP contribution in [0.1, 0.15) is 42.0 Å². The topological polar surface area (TPSA) is 101 Å². The summed E-state index contributed by atoms with van der Waals surface area (Å²) >= 11 is 0. The highest BCUT2D eigenvalue weighted by atomic mass is 16.3. The zero-order valence-corrected chi connectivity index (χ0v) is 26.5. The van der Waals surface area contributed by atoms with E-state index in [9.17, 15) is 24.6 Å². The zero-order chi connectivity index (χ0) is 33.0. The predicted octanol–water partition coefficient (Wildman–Crippen LogP) is 5.64. The number of nitrogens with zero attached hydrogens (tertiary/aromatic N) is 3. The van der Waals surface area contributed by atoms with Crippen LogP contribution in [0.5, 0.6) is 0 Å². The van der Waals surface area contributed by atoms with E-state index in [1.807, 2.05) is 97.1 Å². The van der Waals surface area contributed by atoms with Crippen LogP contribution in [-0.2, 0) is 39.5 Å². The minimum Gasteiger partial charge on any atom is -0.395 e. The number of amides is 3. The molecule has 0 saturated carbocycles. The second-order valence-electron chi connectivity index (χ2n) is 12.1. The average Bonchev–Trinajstić information content (AvgIpc) is 3.30. The predicted molar refractivity (Wildman–Crippen MR) is 182 cm³/mol. The van der Waals surface area contributed by atoms with Gasteiger partial charge in [0.15, 0.2) is 5.60 Å². The summed E-state index contributed by atoms with van der Waals surface area (Å²) in [5.41, 5.74) is 3.38. The largest absolute Gasteiger partial charge is 0.395 e. The van der Waals surface area contributed by atoms with Crippen LogP contribution in [0.3, 0.4) is 0 Å². The number of aliphatic hydroxyl groups excluding tert-OH is 1. The molecule has 0 unspecified atom stereocenters. The lowest BCUT2D eigenvalue weighted by atomic mass is 9.82. The van der Waals surface area contributed by atoms with Crippen molar-refractivity contribution in [2.75, 3.05) is 23.0 Å². The molecule has 0 fully saturated rings. The van der Waals surface area contributed by atoms with Gasteiger partial charge >= 0.3 is 0 Å². The summed E-state index contributed by atoms with van der Waals surface area (Å²) in [6, 6.07) is 32.4. The van der Waals surface area contributed by atoms with Crippen molar-refractivity contribution in [2.45, 2.75) is 44.9 Å². The summed E-state index contributed by atoms with van der Waals surface area (Å²) in [6.45, 7) is 2.44. The maximum Gasteiger partial charge on any atom is 0.264 e. The fraction of sp³-hybridized carbons (Fsp3) is 0.256. The van der Waals surface area contributed by atoms with Gasteiger partial charge < -0.3 is 20.0 Å². The zero-order valence-electron chi connectivity index (χ0n) is 26.5. The molecule has 0 spiro atoms. The van der Waals surface area contributed by atoms with E-state index in [2.05, 4.69) is 0 Å². The summed E-state index contributed by atoms with van der Waals surface area (Å²) in [7, 11) is 0. The fourth-order valence-corrected chi connectivity index (χ4v) is 6.57. The molecule has 240 valence electrons. The molecular weight excluding hydrogens is 590 g/mol. The highest BCUT2D eigenvalue weighted by molar-refractivity contribution is 6.09. The number of carbonyl (C=O) groups excluding carboxylic acids is 3. The Labute approximate surface area is 275 Å². The van der Waals surface area contributed by atoms with Crippen LogP contribution in [0.2, 0.25) is 0 Å². The number of hydrogen-bond donors (Lipinski definition) is 2. The highest BCUT2D eigenvalue weighted by Crippen LogP contribution is 2.48. The van der Waals surface area contributed by atoms with Gasteiger partial charge in [0.25, 0.3) is 5.91 Å². The Kier molecular flexibility index (Phi) is 9.33. The van der Waals surface area contributed by atoms with Gasteiger partial charge in [-0.3, -0.25) is 19.3 Å². The number of aryl methyl sites for hydroxylation is 1. The lowest BCUT2D eigenvalue weighted by Gasteiger charge is -2.31. The number of carbonyl (C=O) groups is 3. The molecule has 47 heavy (non-hydrogen) atoms. The van der Waals surface area contributed by atoms with E-state index in [1.54, 1.807) is 39.8 Å². The van der Waals surface area contributed by atoms with Crippen molar-refractivity contribution < 1.29 is 24.6 Å². The number of anilines is 3. The summed E-state index contributed by atoms with van der Waals surface area (Å²) in [6.07, 6.45) is 4.45. The molecule has 8 heteroatoms. The number of fused-ring (bicyclic) bond motifs is 2. The van der Waals surface area contributed by atoms with Crippen LogP contribution in [0.4, 0.5) is 17.1 Å². The monoisotopic (exact) mass is 629 g/mol. The van der Waals surface area contributed by atoms with Crippen molar-refractivity contribution in [3.8, 4) is 0 Å². The first kappa shape index (κ1) is 31.9. The molecule has 2 aliphatic rings. The molecular formula is C39H39N3O5. The maximum absolute atomic E-state index is 14.2. The lowest BCUT2D eigenvalue weighted by Crippen LogP contribution is -2.44. The van der Waals surface area contributed by atoms with Gasteiger partial charge in [0.2, 0.25) is 11.8 Å². The molecule has 6 rings (SSSR count). The van der Waals surface area contributed by atoms with Crippen LogP contribution in [0, 0.1) is 5.92 Å². The molecule has 2 N–H and O–H groups in total. The van der Waals surface area contributed by atoms with Gasteiger partial charge in [0.05, 0.1) is 24.5 Å². The van der Waals surface area contributed by atoms with E-state index in [1.165, 1.54) is 0 Å². The molecule has 4 aromatic rings. The maximum atomic E-state index is 14.2. The first-order valence-corrected chi connectivity index (χ1v) is 16.0. The van der Waals surface area contributed by atoms with E-state index in [0.717, 1.165) is 22.4 Å². The number of benzene rings is 4. The summed E-state index contributed by atoms with van der Waals surface area (Å²) in [4.78, 5) is 45.5. The number of para-hydroxylation sites is 1. The van der Waals surface area contributed by atoms with E-state index in [-0.39, 0.29) is 37.9 Å². The standard InChI is InChI=1S/C39H39N3O5/c1-28(11-10-18-36(44)40(23-24-43)26-29-12-4-2-5-13-29)39(47)33-25-32(42-34-17-9-8-16-31(34)19-22-37(42)45)20-21-35(33)41(38(39)46)27-30-14-6-3-7-15-30/h2-17,20-21,25,28,43,47H,18-19,22-24,26-27H2,1H3/b11-10+/t28-,39+/m0/s1. The SMILES string of the molecule is C[C@@H](/C=C/CC(=O)N(CCO)Cc1ccccc1)[C@]1(O)C(=O)N(Cc2ccccc2)c2ccc(N3C(=O)CCc4ccccc43)cc21. The third kappa shape index (κ3) is 6.35. The molecule has 4 aromatic carbocycles. The quantitative estimate of drug-likeness (QED) is 0.209. The first-order chi connectivity index (χ1) is 22.8. The molecule has 0 radical (unpaired) electrons. The lowest BCUT2D eigenvalue weighted by molar-refractivity contribution is -0.139. The van der Waals surface area contributed by atoms with E-state index in [4.69, 9.17) is 0 Å². The van der Waals surface area contributed by atoms with E-state index >= 15 is 0 Å². The summed E-state index contributed by atoms with van der Waals surface area (Å²) < 4.78 is 0. The second-order valence-corrected chi connectivity index (χ2v) is 12.1. The Morgan fingerprint density at radius 1 is 0.894 bits per heavy atom. The van der Waals surface area contributed by atoms with Gasteiger partial charge in [-0.25, -0.2) is 0 Å². The molecule has 0 aliphatic carbocycles. The number of aliphatic hydroxyl groups is 2. The Morgan fingerprint density at radius 2 is 1.57 bits per heavy atom. The molecule has 8 nitrogen and oxygen atoms in total. The Bertz CT molecular complexity index is 1790. The molecule has 0 saturated heterocycles. The number of rotatable bonds is 11. The normalized spacial score (nSPS) is 17.9.